The third kappa shape index (κ3) is 4.94. The van der Waals surface area contributed by atoms with Gasteiger partial charge in [-0.15, -0.1) is 5.10 Å². The van der Waals surface area contributed by atoms with Crippen molar-refractivity contribution in [1.82, 2.24) is 25.5 Å². The van der Waals surface area contributed by atoms with Crippen LogP contribution in [0.15, 0.2) is 29.4 Å². The number of ether oxygens (including phenoxy) is 1. The molecule has 0 unspecified atom stereocenters. The standard InChI is InChI=1S/C17H23N5O2S/c1-24-15-9-7-13(8-10-15)11-18-16(23)12-25-17-19-20-21-22(17)14-5-3-2-4-6-14/h7-10,14H,2-6,11-12H2,1H3,(H,18,23). The molecule has 1 heterocycles. The van der Waals surface area contributed by atoms with Gasteiger partial charge in [0.15, 0.2) is 0 Å². The number of hydrogen-bond donors (Lipinski definition) is 1. The van der Waals surface area contributed by atoms with E-state index in [2.05, 4.69) is 20.8 Å². The molecule has 0 radical (unpaired) electrons. The van der Waals surface area contributed by atoms with E-state index in [1.807, 2.05) is 28.9 Å². The highest BCUT2D eigenvalue weighted by Gasteiger charge is 2.20. The highest BCUT2D eigenvalue weighted by molar-refractivity contribution is 7.99. The number of tetrazole rings is 1. The monoisotopic (exact) mass is 361 g/mol. The zero-order valence-electron chi connectivity index (χ0n) is 14.4. The molecule has 0 saturated heterocycles. The average Bonchev–Trinajstić information content (AvgIpc) is 3.14. The zero-order chi connectivity index (χ0) is 17.5. The number of nitrogens with zero attached hydrogens (tertiary/aromatic N) is 4. The highest BCUT2D eigenvalue weighted by Crippen LogP contribution is 2.30. The van der Waals surface area contributed by atoms with Crippen LogP contribution < -0.4 is 10.1 Å². The number of thioether (sulfide) groups is 1. The van der Waals surface area contributed by atoms with Gasteiger partial charge in [0.25, 0.3) is 0 Å². The molecule has 1 aromatic heterocycles. The third-order valence-corrected chi connectivity index (χ3v) is 5.30. The molecule has 2 aromatic rings. The Morgan fingerprint density at radius 1 is 1.28 bits per heavy atom. The average molecular weight is 361 g/mol. The summed E-state index contributed by atoms with van der Waals surface area (Å²) in [7, 11) is 1.63. The maximum absolute atomic E-state index is 12.1. The maximum atomic E-state index is 12.1. The van der Waals surface area contributed by atoms with Crippen molar-refractivity contribution >= 4 is 17.7 Å². The molecule has 1 amide bonds. The number of nitrogens with one attached hydrogen (secondary N) is 1. The molecular formula is C17H23N5O2S. The van der Waals surface area contributed by atoms with Crippen molar-refractivity contribution in [1.29, 1.82) is 0 Å². The summed E-state index contributed by atoms with van der Waals surface area (Å²) in [4.78, 5) is 12.1. The van der Waals surface area contributed by atoms with E-state index in [-0.39, 0.29) is 5.91 Å². The van der Waals surface area contributed by atoms with Crippen LogP contribution in [0, 0.1) is 0 Å². The van der Waals surface area contributed by atoms with E-state index in [0.29, 0.717) is 18.3 Å². The van der Waals surface area contributed by atoms with Gasteiger partial charge in [-0.2, -0.15) is 0 Å². The van der Waals surface area contributed by atoms with Crippen LogP contribution in [0.2, 0.25) is 0 Å². The van der Waals surface area contributed by atoms with Crippen LogP contribution in [0.5, 0.6) is 5.75 Å². The van der Waals surface area contributed by atoms with Gasteiger partial charge in [0.05, 0.1) is 18.9 Å². The van der Waals surface area contributed by atoms with E-state index < -0.39 is 0 Å². The number of amides is 1. The van der Waals surface area contributed by atoms with Crippen LogP contribution in [-0.2, 0) is 11.3 Å². The molecule has 8 heteroatoms. The lowest BCUT2D eigenvalue weighted by atomic mass is 9.96. The number of carbonyl (C=O) groups excluding carboxylic acids is 1. The molecular weight excluding hydrogens is 338 g/mol. The van der Waals surface area contributed by atoms with Crippen molar-refractivity contribution in [2.75, 3.05) is 12.9 Å². The summed E-state index contributed by atoms with van der Waals surface area (Å²) in [6.45, 7) is 0.497. The van der Waals surface area contributed by atoms with Crippen molar-refractivity contribution in [2.45, 2.75) is 49.8 Å². The van der Waals surface area contributed by atoms with Crippen LogP contribution in [0.3, 0.4) is 0 Å². The van der Waals surface area contributed by atoms with Gasteiger partial charge in [-0.1, -0.05) is 43.2 Å². The van der Waals surface area contributed by atoms with Crippen molar-refractivity contribution in [2.24, 2.45) is 0 Å². The molecule has 0 atom stereocenters. The number of carbonyl (C=O) groups is 1. The van der Waals surface area contributed by atoms with E-state index in [0.717, 1.165) is 29.3 Å². The first kappa shape index (κ1) is 17.7. The summed E-state index contributed by atoms with van der Waals surface area (Å²) in [6, 6.07) is 8.02. The smallest absolute Gasteiger partial charge is 0.230 e. The number of aromatic nitrogens is 4. The Kier molecular flexibility index (Phi) is 6.27. The van der Waals surface area contributed by atoms with Gasteiger partial charge in [-0.25, -0.2) is 4.68 Å². The van der Waals surface area contributed by atoms with Crippen LogP contribution in [0.1, 0.15) is 43.7 Å². The van der Waals surface area contributed by atoms with E-state index in [4.69, 9.17) is 4.74 Å². The summed E-state index contributed by atoms with van der Waals surface area (Å²) < 4.78 is 7.01. The Bertz CT molecular complexity index is 683. The fraction of sp³-hybridized carbons (Fsp3) is 0.529. The van der Waals surface area contributed by atoms with Crippen LogP contribution >= 0.6 is 11.8 Å². The fourth-order valence-electron chi connectivity index (χ4n) is 2.96. The molecule has 1 aliphatic carbocycles. The molecule has 7 nitrogen and oxygen atoms in total. The Balaban J connectivity index is 1.46. The van der Waals surface area contributed by atoms with Crippen LogP contribution in [0.4, 0.5) is 0 Å². The molecule has 134 valence electrons. The molecule has 1 N–H and O–H groups in total. The Morgan fingerprint density at radius 3 is 2.76 bits per heavy atom. The van der Waals surface area contributed by atoms with E-state index in [1.165, 1.54) is 31.0 Å². The fourth-order valence-corrected chi connectivity index (χ4v) is 3.73. The van der Waals surface area contributed by atoms with Gasteiger partial charge in [0.2, 0.25) is 11.1 Å². The second-order valence-electron chi connectivity index (χ2n) is 6.11. The highest BCUT2D eigenvalue weighted by atomic mass is 32.2. The number of rotatable bonds is 7. The van der Waals surface area contributed by atoms with Crippen molar-refractivity contribution < 1.29 is 9.53 Å². The summed E-state index contributed by atoms with van der Waals surface area (Å²) >= 11 is 1.39. The quantitative estimate of drug-likeness (QED) is 0.764. The predicted octanol–water partition coefficient (Wildman–Crippen LogP) is 2.60. The summed E-state index contributed by atoms with van der Waals surface area (Å²) in [5.74, 6) is 1.09. The minimum absolute atomic E-state index is 0.0287. The minimum atomic E-state index is -0.0287. The largest absolute Gasteiger partial charge is 0.497 e. The number of benzene rings is 1. The van der Waals surface area contributed by atoms with E-state index in [9.17, 15) is 4.79 Å². The molecule has 0 spiro atoms. The Labute approximate surface area is 151 Å². The normalized spacial score (nSPS) is 15.1. The molecule has 1 fully saturated rings. The topological polar surface area (TPSA) is 81.9 Å². The number of methoxy groups -OCH3 is 1. The van der Waals surface area contributed by atoms with Crippen LogP contribution in [0.25, 0.3) is 0 Å². The lowest BCUT2D eigenvalue weighted by Crippen LogP contribution is -2.25. The van der Waals surface area contributed by atoms with Gasteiger partial charge in [0, 0.05) is 6.54 Å². The molecule has 1 aliphatic rings. The van der Waals surface area contributed by atoms with E-state index in [1.54, 1.807) is 7.11 Å². The molecule has 25 heavy (non-hydrogen) atoms. The van der Waals surface area contributed by atoms with Gasteiger partial charge < -0.3 is 10.1 Å². The van der Waals surface area contributed by atoms with Gasteiger partial charge >= 0.3 is 0 Å². The van der Waals surface area contributed by atoms with Crippen molar-refractivity contribution in [3.8, 4) is 5.75 Å². The second kappa shape index (κ2) is 8.84. The zero-order valence-corrected chi connectivity index (χ0v) is 15.2. The molecule has 3 rings (SSSR count). The minimum Gasteiger partial charge on any atom is -0.497 e. The molecule has 1 aromatic carbocycles. The molecule has 0 bridgehead atoms. The summed E-state index contributed by atoms with van der Waals surface area (Å²) in [5, 5.41) is 15.6. The maximum Gasteiger partial charge on any atom is 0.230 e. The lowest BCUT2D eigenvalue weighted by molar-refractivity contribution is -0.118. The molecule has 1 saturated carbocycles. The first-order valence-electron chi connectivity index (χ1n) is 8.56. The second-order valence-corrected chi connectivity index (χ2v) is 7.05. The van der Waals surface area contributed by atoms with Gasteiger partial charge in [-0.05, 0) is 41.0 Å². The van der Waals surface area contributed by atoms with Gasteiger partial charge in [0.1, 0.15) is 5.75 Å². The first-order chi connectivity index (χ1) is 12.3. The van der Waals surface area contributed by atoms with Crippen LogP contribution in [-0.4, -0.2) is 39.0 Å². The number of hydrogen-bond acceptors (Lipinski definition) is 6. The summed E-state index contributed by atoms with van der Waals surface area (Å²) in [5.41, 5.74) is 1.03. The predicted molar refractivity (Wildman–Crippen MR) is 95.5 cm³/mol. The Morgan fingerprint density at radius 2 is 2.04 bits per heavy atom. The van der Waals surface area contributed by atoms with Crippen molar-refractivity contribution in [3.63, 3.8) is 0 Å². The first-order valence-corrected chi connectivity index (χ1v) is 9.55. The van der Waals surface area contributed by atoms with Gasteiger partial charge in [-0.3, -0.25) is 4.79 Å². The van der Waals surface area contributed by atoms with E-state index >= 15 is 0 Å². The third-order valence-electron chi connectivity index (χ3n) is 4.36. The molecule has 0 aliphatic heterocycles. The summed E-state index contributed by atoms with van der Waals surface area (Å²) in [6.07, 6.45) is 5.95. The lowest BCUT2D eigenvalue weighted by Gasteiger charge is -2.21. The Hall–Kier alpha value is -2.09. The van der Waals surface area contributed by atoms with Crippen molar-refractivity contribution in [3.05, 3.63) is 29.8 Å². The SMILES string of the molecule is COc1ccc(CNC(=O)CSc2nnnn2C2CCCCC2)cc1.